The second-order valence-electron chi connectivity index (χ2n) is 6.75. The first-order valence-electron chi connectivity index (χ1n) is 9.51. The zero-order valence-electron chi connectivity index (χ0n) is 16.1. The first-order valence-corrected chi connectivity index (χ1v) is 12.8. The molecule has 0 atom stereocenters. The van der Waals surface area contributed by atoms with Gasteiger partial charge in [-0.05, 0) is 36.6 Å². The zero-order chi connectivity index (χ0) is 20.6. The van der Waals surface area contributed by atoms with Crippen molar-refractivity contribution in [3.8, 4) is 0 Å². The van der Waals surface area contributed by atoms with Crippen molar-refractivity contribution >= 4 is 31.8 Å². The van der Waals surface area contributed by atoms with Crippen LogP contribution in [0.3, 0.4) is 0 Å². The first-order chi connectivity index (χ1) is 13.2. The van der Waals surface area contributed by atoms with Crippen molar-refractivity contribution in [1.29, 1.82) is 0 Å². The molecule has 0 spiro atoms. The number of nitrogens with zero attached hydrogens (tertiary/aromatic N) is 1. The molecule has 1 heterocycles. The Kier molecular flexibility index (Phi) is 8.21. The quantitative estimate of drug-likeness (QED) is 0.637. The van der Waals surface area contributed by atoms with Crippen LogP contribution in [0.15, 0.2) is 35.2 Å². The Morgan fingerprint density at radius 2 is 1.64 bits per heavy atom. The third kappa shape index (κ3) is 6.72. The summed E-state index contributed by atoms with van der Waals surface area (Å²) in [6.07, 6.45) is 6.75. The van der Waals surface area contributed by atoms with E-state index in [1.165, 1.54) is 6.08 Å². The highest BCUT2D eigenvalue weighted by atomic mass is 32.2. The molecule has 1 saturated heterocycles. The Hall–Kier alpha value is -1.71. The zero-order valence-corrected chi connectivity index (χ0v) is 17.8. The fraction of sp³-hybridized carbons (Fsp3) is 0.526. The summed E-state index contributed by atoms with van der Waals surface area (Å²) < 4.78 is 49.8. The highest BCUT2D eigenvalue weighted by molar-refractivity contribution is 7.91. The van der Waals surface area contributed by atoms with E-state index in [4.69, 9.17) is 0 Å². The number of hydrogen-bond donors (Lipinski definition) is 1. The molecule has 2 rings (SSSR count). The SMILES string of the molecule is CCS(=O)(=O)CCNC(=O)/C=C/c1ccc(S(=O)(=O)N2CCCCCC2)cc1. The topological polar surface area (TPSA) is 101 Å². The van der Waals surface area contributed by atoms with E-state index < -0.39 is 25.8 Å². The van der Waals surface area contributed by atoms with Gasteiger partial charge < -0.3 is 5.32 Å². The van der Waals surface area contributed by atoms with Crippen LogP contribution in [0, 0.1) is 0 Å². The number of hydrogen-bond acceptors (Lipinski definition) is 5. The van der Waals surface area contributed by atoms with Gasteiger partial charge in [-0.15, -0.1) is 0 Å². The second-order valence-corrected chi connectivity index (χ2v) is 11.2. The molecule has 0 aromatic heterocycles. The molecule has 1 N–H and O–H groups in total. The van der Waals surface area contributed by atoms with Crippen molar-refractivity contribution < 1.29 is 21.6 Å². The molecular weight excluding hydrogens is 400 g/mol. The molecule has 0 saturated carbocycles. The molecule has 1 fully saturated rings. The maximum absolute atomic E-state index is 12.7. The van der Waals surface area contributed by atoms with Crippen LogP contribution >= 0.6 is 0 Å². The number of sulfone groups is 1. The second kappa shape index (κ2) is 10.2. The van der Waals surface area contributed by atoms with E-state index >= 15 is 0 Å². The van der Waals surface area contributed by atoms with Crippen LogP contribution in [0.5, 0.6) is 0 Å². The first kappa shape index (κ1) is 22.6. The monoisotopic (exact) mass is 428 g/mol. The normalized spacial score (nSPS) is 16.8. The number of carbonyl (C=O) groups excluding carboxylic acids is 1. The summed E-state index contributed by atoms with van der Waals surface area (Å²) in [6, 6.07) is 6.39. The van der Waals surface area contributed by atoms with Gasteiger partial charge in [0.15, 0.2) is 9.84 Å². The molecule has 1 aromatic rings. The lowest BCUT2D eigenvalue weighted by Gasteiger charge is -2.19. The number of amides is 1. The fourth-order valence-corrected chi connectivity index (χ4v) is 5.11. The predicted molar refractivity (Wildman–Crippen MR) is 110 cm³/mol. The minimum absolute atomic E-state index is 0.0470. The summed E-state index contributed by atoms with van der Waals surface area (Å²) in [7, 11) is -6.60. The number of rotatable bonds is 8. The smallest absolute Gasteiger partial charge is 0.244 e. The molecule has 28 heavy (non-hydrogen) atoms. The summed E-state index contributed by atoms with van der Waals surface area (Å²) in [6.45, 7) is 2.73. The average molecular weight is 429 g/mol. The van der Waals surface area contributed by atoms with Gasteiger partial charge >= 0.3 is 0 Å². The minimum atomic E-state index is -3.49. The van der Waals surface area contributed by atoms with Crippen LogP contribution in [-0.2, 0) is 24.7 Å². The maximum atomic E-state index is 12.7. The van der Waals surface area contributed by atoms with Gasteiger partial charge in [-0.25, -0.2) is 16.8 Å². The molecule has 7 nitrogen and oxygen atoms in total. The molecular formula is C19H28N2O5S2. The molecule has 1 aromatic carbocycles. The highest BCUT2D eigenvalue weighted by Crippen LogP contribution is 2.20. The molecule has 1 amide bonds. The third-order valence-corrected chi connectivity index (χ3v) is 8.28. The average Bonchev–Trinajstić information content (AvgIpc) is 2.97. The highest BCUT2D eigenvalue weighted by Gasteiger charge is 2.24. The summed E-state index contributed by atoms with van der Waals surface area (Å²) in [4.78, 5) is 12.0. The lowest BCUT2D eigenvalue weighted by atomic mass is 10.2. The Bertz CT molecular complexity index is 883. The molecule has 1 aliphatic rings. The Balaban J connectivity index is 1.94. The van der Waals surface area contributed by atoms with Gasteiger partial charge in [-0.2, -0.15) is 4.31 Å². The van der Waals surface area contributed by atoms with Crippen molar-refractivity contribution in [3.63, 3.8) is 0 Å². The van der Waals surface area contributed by atoms with E-state index in [1.54, 1.807) is 41.6 Å². The van der Waals surface area contributed by atoms with E-state index in [1.807, 2.05) is 0 Å². The van der Waals surface area contributed by atoms with Crippen molar-refractivity contribution in [1.82, 2.24) is 9.62 Å². The van der Waals surface area contributed by atoms with Crippen LogP contribution < -0.4 is 5.32 Å². The fourth-order valence-electron chi connectivity index (χ4n) is 2.89. The van der Waals surface area contributed by atoms with Crippen LogP contribution in [0.1, 0.15) is 38.2 Å². The standard InChI is InChI=1S/C19H28N2O5S2/c1-2-27(23,24)16-13-20-19(22)12-9-17-7-10-18(11-8-17)28(25,26)21-14-5-3-4-6-15-21/h7-12H,2-6,13-16H2,1H3,(H,20,22)/b12-9+. The van der Waals surface area contributed by atoms with E-state index in [0.717, 1.165) is 25.7 Å². The van der Waals surface area contributed by atoms with Crippen LogP contribution in [0.25, 0.3) is 6.08 Å². The molecule has 0 unspecified atom stereocenters. The Morgan fingerprint density at radius 1 is 1.04 bits per heavy atom. The predicted octanol–water partition coefficient (Wildman–Crippen LogP) is 1.82. The molecule has 0 aliphatic carbocycles. The summed E-state index contributed by atoms with van der Waals surface area (Å²) >= 11 is 0. The van der Waals surface area contributed by atoms with Crippen LogP contribution in [0.4, 0.5) is 0 Å². The largest absolute Gasteiger partial charge is 0.352 e. The molecule has 0 bridgehead atoms. The number of nitrogens with one attached hydrogen (secondary N) is 1. The third-order valence-electron chi connectivity index (χ3n) is 4.66. The van der Waals surface area contributed by atoms with Crippen LogP contribution in [0.2, 0.25) is 0 Å². The Labute approximate surface area is 167 Å². The lowest BCUT2D eigenvalue weighted by Crippen LogP contribution is -2.31. The van der Waals surface area contributed by atoms with E-state index in [-0.39, 0.29) is 22.9 Å². The van der Waals surface area contributed by atoms with Crippen molar-refractivity contribution in [3.05, 3.63) is 35.9 Å². The number of benzene rings is 1. The van der Waals surface area contributed by atoms with Gasteiger partial charge in [0.2, 0.25) is 15.9 Å². The molecule has 156 valence electrons. The van der Waals surface area contributed by atoms with Crippen molar-refractivity contribution in [2.24, 2.45) is 0 Å². The van der Waals surface area contributed by atoms with Crippen molar-refractivity contribution in [2.75, 3.05) is 31.1 Å². The number of carbonyl (C=O) groups is 1. The summed E-state index contributed by atoms with van der Waals surface area (Å²) in [5.41, 5.74) is 0.686. The van der Waals surface area contributed by atoms with Crippen molar-refractivity contribution in [2.45, 2.75) is 37.5 Å². The number of sulfonamides is 1. The summed E-state index contributed by atoms with van der Waals surface area (Å²) in [5.74, 6) is -0.440. The Morgan fingerprint density at radius 3 is 2.21 bits per heavy atom. The van der Waals surface area contributed by atoms with E-state index in [2.05, 4.69) is 5.32 Å². The maximum Gasteiger partial charge on any atom is 0.244 e. The molecule has 0 radical (unpaired) electrons. The minimum Gasteiger partial charge on any atom is -0.352 e. The molecule has 1 aliphatic heterocycles. The van der Waals surface area contributed by atoms with Gasteiger partial charge in [0.25, 0.3) is 0 Å². The van der Waals surface area contributed by atoms with Gasteiger partial charge in [0.05, 0.1) is 10.6 Å². The van der Waals surface area contributed by atoms with Crippen LogP contribution in [-0.4, -0.2) is 58.2 Å². The summed E-state index contributed by atoms with van der Waals surface area (Å²) in [5, 5.41) is 2.52. The van der Waals surface area contributed by atoms with E-state index in [9.17, 15) is 21.6 Å². The van der Waals surface area contributed by atoms with Gasteiger partial charge in [-0.3, -0.25) is 4.79 Å². The van der Waals surface area contributed by atoms with E-state index in [0.29, 0.717) is 18.7 Å². The molecule has 9 heteroatoms. The van der Waals surface area contributed by atoms with Gasteiger partial charge in [-0.1, -0.05) is 31.9 Å². The van der Waals surface area contributed by atoms with Gasteiger partial charge in [0, 0.05) is 31.5 Å². The lowest BCUT2D eigenvalue weighted by molar-refractivity contribution is -0.116. The van der Waals surface area contributed by atoms with Gasteiger partial charge in [0.1, 0.15) is 0 Å².